The zero-order valence-corrected chi connectivity index (χ0v) is 16.6. The molecule has 1 aromatic carbocycles. The van der Waals surface area contributed by atoms with Crippen molar-refractivity contribution < 1.29 is 24.1 Å². The Kier molecular flexibility index (Phi) is 7.88. The highest BCUT2D eigenvalue weighted by Crippen LogP contribution is 2.31. The summed E-state index contributed by atoms with van der Waals surface area (Å²) in [6, 6.07) is 7.76. The number of aliphatic hydroxyl groups is 1. The number of methoxy groups -OCH3 is 1. The Bertz CT molecular complexity index is 656. The molecule has 5 nitrogen and oxygen atoms in total. The molecule has 0 radical (unpaired) electrons. The number of ether oxygens (including phenoxy) is 4. The molecule has 148 valence electrons. The van der Waals surface area contributed by atoms with Crippen LogP contribution in [-0.4, -0.2) is 42.4 Å². The van der Waals surface area contributed by atoms with Gasteiger partial charge in [-0.15, -0.1) is 6.58 Å². The maximum absolute atomic E-state index is 10.4. The molecule has 0 saturated carbocycles. The Morgan fingerprint density at radius 1 is 1.30 bits per heavy atom. The fourth-order valence-electron chi connectivity index (χ4n) is 2.89. The summed E-state index contributed by atoms with van der Waals surface area (Å²) in [5, 5.41) is 10.4. The predicted octanol–water partition coefficient (Wildman–Crippen LogP) is 3.45. The van der Waals surface area contributed by atoms with Gasteiger partial charge in [-0.2, -0.15) is 0 Å². The first-order valence-electron chi connectivity index (χ1n) is 9.22. The Morgan fingerprint density at radius 2 is 2.00 bits per heavy atom. The highest BCUT2D eigenvalue weighted by Gasteiger charge is 2.43. The number of hydrogen-bond donors (Lipinski definition) is 1. The van der Waals surface area contributed by atoms with Crippen LogP contribution in [-0.2, 0) is 20.8 Å². The Labute approximate surface area is 162 Å². The van der Waals surface area contributed by atoms with E-state index in [1.165, 1.54) is 0 Å². The first-order chi connectivity index (χ1) is 12.8. The van der Waals surface area contributed by atoms with Crippen molar-refractivity contribution in [1.29, 1.82) is 0 Å². The third kappa shape index (κ3) is 6.67. The molecule has 1 unspecified atom stereocenters. The second kappa shape index (κ2) is 9.91. The van der Waals surface area contributed by atoms with E-state index in [9.17, 15) is 5.11 Å². The number of benzene rings is 1. The minimum Gasteiger partial charge on any atom is -0.497 e. The Balaban J connectivity index is 1.81. The first-order valence-corrected chi connectivity index (χ1v) is 9.22. The molecule has 5 heteroatoms. The lowest BCUT2D eigenvalue weighted by Gasteiger charge is -2.18. The molecule has 1 aromatic rings. The van der Waals surface area contributed by atoms with E-state index in [0.717, 1.165) is 11.3 Å². The van der Waals surface area contributed by atoms with Crippen LogP contribution in [0, 0.1) is 11.8 Å². The minimum atomic E-state index is -0.912. The third-order valence-electron chi connectivity index (χ3n) is 4.26. The average Bonchev–Trinajstić information content (AvgIpc) is 2.95. The summed E-state index contributed by atoms with van der Waals surface area (Å²) in [4.78, 5) is 0. The second-order valence-corrected chi connectivity index (χ2v) is 7.10. The highest BCUT2D eigenvalue weighted by molar-refractivity contribution is 5.26. The van der Waals surface area contributed by atoms with Crippen molar-refractivity contribution in [1.82, 2.24) is 0 Å². The predicted molar refractivity (Wildman–Crippen MR) is 104 cm³/mol. The first kappa shape index (κ1) is 21.5. The summed E-state index contributed by atoms with van der Waals surface area (Å²) in [6.45, 7) is 9.86. The van der Waals surface area contributed by atoms with E-state index in [-0.39, 0.29) is 12.2 Å². The lowest BCUT2D eigenvalue weighted by atomic mass is 10.1. The third-order valence-corrected chi connectivity index (χ3v) is 4.26. The summed E-state index contributed by atoms with van der Waals surface area (Å²) in [5.74, 6) is 5.96. The van der Waals surface area contributed by atoms with Crippen LogP contribution in [0.5, 0.6) is 5.75 Å². The normalized spacial score (nSPS) is 23.1. The zero-order chi connectivity index (χ0) is 19.9. The quantitative estimate of drug-likeness (QED) is 0.558. The Hall–Kier alpha value is -1.84. The van der Waals surface area contributed by atoms with Gasteiger partial charge in [-0.05, 0) is 44.9 Å². The lowest BCUT2D eigenvalue weighted by Crippen LogP contribution is -2.34. The van der Waals surface area contributed by atoms with E-state index in [0.29, 0.717) is 19.4 Å². The van der Waals surface area contributed by atoms with Crippen molar-refractivity contribution in [2.45, 2.75) is 70.4 Å². The molecule has 1 aliphatic heterocycles. The Morgan fingerprint density at radius 3 is 2.63 bits per heavy atom. The highest BCUT2D eigenvalue weighted by atomic mass is 16.8. The summed E-state index contributed by atoms with van der Waals surface area (Å²) >= 11 is 0. The molecule has 2 rings (SSSR count). The van der Waals surface area contributed by atoms with Crippen molar-refractivity contribution in [3.63, 3.8) is 0 Å². The van der Waals surface area contributed by atoms with Gasteiger partial charge in [0.05, 0.1) is 25.9 Å². The van der Waals surface area contributed by atoms with E-state index < -0.39 is 18.0 Å². The molecule has 0 aromatic heterocycles. The molecule has 1 saturated heterocycles. The minimum absolute atomic E-state index is 0.0482. The van der Waals surface area contributed by atoms with Crippen LogP contribution in [0.4, 0.5) is 0 Å². The number of hydrogen-bond acceptors (Lipinski definition) is 5. The van der Waals surface area contributed by atoms with Crippen LogP contribution in [0.15, 0.2) is 36.9 Å². The van der Waals surface area contributed by atoms with Crippen molar-refractivity contribution in [3.8, 4) is 17.6 Å². The molecule has 1 heterocycles. The molecule has 1 fully saturated rings. The standard InChI is InChI=1S/C22H30O5/c1-6-8-20-21(27-22(3,4)26-20)19(23)10-7-9-16(2)25-15-17-11-13-18(24-5)14-12-17/h6,11-14,16,19-21,23H,1,8-9,15H2,2-5H3/t16-,19?,20+,21-/m1/s1. The van der Waals surface area contributed by atoms with Gasteiger partial charge in [-0.3, -0.25) is 0 Å². The summed E-state index contributed by atoms with van der Waals surface area (Å²) in [6.07, 6.45) is 1.20. The molecule has 0 aliphatic carbocycles. The monoisotopic (exact) mass is 374 g/mol. The van der Waals surface area contributed by atoms with Gasteiger partial charge in [-0.25, -0.2) is 0 Å². The average molecular weight is 374 g/mol. The van der Waals surface area contributed by atoms with Gasteiger partial charge < -0.3 is 24.1 Å². The fourth-order valence-corrected chi connectivity index (χ4v) is 2.89. The van der Waals surface area contributed by atoms with E-state index in [1.54, 1.807) is 13.2 Å². The fraction of sp³-hybridized carbons (Fsp3) is 0.545. The molecule has 0 bridgehead atoms. The SMILES string of the molecule is C=CC[C@@H]1OC(C)(C)O[C@@H]1C(O)C#CC[C@@H](C)OCc1ccc(OC)cc1. The summed E-state index contributed by atoms with van der Waals surface area (Å²) < 4.78 is 22.5. The molecule has 0 spiro atoms. The van der Waals surface area contributed by atoms with Crippen LogP contribution in [0.25, 0.3) is 0 Å². The van der Waals surface area contributed by atoms with Crippen LogP contribution >= 0.6 is 0 Å². The molecule has 27 heavy (non-hydrogen) atoms. The van der Waals surface area contributed by atoms with E-state index in [1.807, 2.05) is 45.0 Å². The number of aliphatic hydroxyl groups excluding tert-OH is 1. The topological polar surface area (TPSA) is 57.2 Å². The van der Waals surface area contributed by atoms with Gasteiger partial charge in [0.15, 0.2) is 5.79 Å². The van der Waals surface area contributed by atoms with E-state index in [4.69, 9.17) is 18.9 Å². The van der Waals surface area contributed by atoms with Gasteiger partial charge in [-0.1, -0.05) is 30.0 Å². The second-order valence-electron chi connectivity index (χ2n) is 7.10. The molecule has 4 atom stereocenters. The summed E-state index contributed by atoms with van der Waals surface area (Å²) in [5.41, 5.74) is 1.07. The molecule has 1 aliphatic rings. The van der Waals surface area contributed by atoms with Gasteiger partial charge in [0.1, 0.15) is 18.0 Å². The van der Waals surface area contributed by atoms with Crippen molar-refractivity contribution >= 4 is 0 Å². The van der Waals surface area contributed by atoms with Crippen molar-refractivity contribution in [2.24, 2.45) is 0 Å². The summed E-state index contributed by atoms with van der Waals surface area (Å²) in [7, 11) is 1.64. The van der Waals surface area contributed by atoms with Crippen LogP contribution < -0.4 is 4.74 Å². The van der Waals surface area contributed by atoms with E-state index >= 15 is 0 Å². The molecule has 0 amide bonds. The molecular formula is C22H30O5. The zero-order valence-electron chi connectivity index (χ0n) is 16.6. The van der Waals surface area contributed by atoms with Gasteiger partial charge in [0, 0.05) is 6.42 Å². The van der Waals surface area contributed by atoms with Crippen molar-refractivity contribution in [2.75, 3.05) is 7.11 Å². The molecular weight excluding hydrogens is 344 g/mol. The van der Waals surface area contributed by atoms with Gasteiger partial charge in [0.2, 0.25) is 0 Å². The van der Waals surface area contributed by atoms with Crippen LogP contribution in [0.1, 0.15) is 39.2 Å². The maximum Gasteiger partial charge on any atom is 0.163 e. The van der Waals surface area contributed by atoms with E-state index in [2.05, 4.69) is 18.4 Å². The lowest BCUT2D eigenvalue weighted by molar-refractivity contribution is -0.151. The largest absolute Gasteiger partial charge is 0.497 e. The van der Waals surface area contributed by atoms with Crippen LogP contribution in [0.3, 0.4) is 0 Å². The maximum atomic E-state index is 10.4. The van der Waals surface area contributed by atoms with Gasteiger partial charge >= 0.3 is 0 Å². The van der Waals surface area contributed by atoms with Crippen LogP contribution in [0.2, 0.25) is 0 Å². The smallest absolute Gasteiger partial charge is 0.163 e. The van der Waals surface area contributed by atoms with Gasteiger partial charge in [0.25, 0.3) is 0 Å². The number of rotatable bonds is 8. The van der Waals surface area contributed by atoms with Crippen molar-refractivity contribution in [3.05, 3.63) is 42.5 Å². The molecule has 1 N–H and O–H groups in total.